The van der Waals surface area contributed by atoms with E-state index in [9.17, 15) is 0 Å². The fourth-order valence-corrected chi connectivity index (χ4v) is 4.95. The highest BCUT2D eigenvalue weighted by Crippen LogP contribution is 2.39. The highest BCUT2D eigenvalue weighted by atomic mass is 32.1. The lowest BCUT2D eigenvalue weighted by atomic mass is 10.0. The Morgan fingerprint density at radius 2 is 1.68 bits per heavy atom. The van der Waals surface area contributed by atoms with E-state index in [1.165, 1.54) is 16.0 Å². The van der Waals surface area contributed by atoms with Crippen LogP contribution in [0, 0.1) is 0 Å². The van der Waals surface area contributed by atoms with Gasteiger partial charge in [0.05, 0.1) is 11.4 Å². The van der Waals surface area contributed by atoms with E-state index in [0.29, 0.717) is 0 Å². The fourth-order valence-electron chi connectivity index (χ4n) is 3.95. The van der Waals surface area contributed by atoms with Gasteiger partial charge in [-0.15, -0.1) is 11.3 Å². The molecule has 28 heavy (non-hydrogen) atoms. The monoisotopic (exact) mass is 386 g/mol. The van der Waals surface area contributed by atoms with Crippen molar-refractivity contribution in [3.8, 4) is 10.4 Å². The average Bonchev–Trinajstić information content (AvgIpc) is 3.20. The summed E-state index contributed by atoms with van der Waals surface area (Å²) in [6, 6.07) is 23.8. The van der Waals surface area contributed by atoms with Crippen LogP contribution < -0.4 is 4.90 Å². The Balaban J connectivity index is 1.60. The van der Waals surface area contributed by atoms with Gasteiger partial charge in [-0.1, -0.05) is 60.7 Å². The van der Waals surface area contributed by atoms with Crippen LogP contribution in [-0.2, 0) is 0 Å². The first-order valence-corrected chi connectivity index (χ1v) is 10.4. The normalized spacial score (nSPS) is 17.9. The van der Waals surface area contributed by atoms with Crippen molar-refractivity contribution in [1.82, 2.24) is 14.9 Å². The predicted octanol–water partition coefficient (Wildman–Crippen LogP) is 4.85. The molecule has 3 heterocycles. The number of aromatic nitrogens is 2. The molecule has 0 bridgehead atoms. The lowest BCUT2D eigenvalue weighted by molar-refractivity contribution is 0.268. The molecule has 1 atom stereocenters. The van der Waals surface area contributed by atoms with Crippen molar-refractivity contribution in [2.45, 2.75) is 6.04 Å². The smallest absolute Gasteiger partial charge is 0.141 e. The zero-order valence-electron chi connectivity index (χ0n) is 15.8. The van der Waals surface area contributed by atoms with Gasteiger partial charge in [0.1, 0.15) is 17.0 Å². The first-order valence-electron chi connectivity index (χ1n) is 9.60. The summed E-state index contributed by atoms with van der Waals surface area (Å²) >= 11 is 1.74. The number of hydrogen-bond acceptors (Lipinski definition) is 5. The molecule has 2 aromatic carbocycles. The second-order valence-corrected chi connectivity index (χ2v) is 8.31. The minimum absolute atomic E-state index is 0.290. The Morgan fingerprint density at radius 3 is 2.46 bits per heavy atom. The molecule has 2 aromatic heterocycles. The number of anilines is 1. The molecule has 0 saturated carbocycles. The Morgan fingerprint density at radius 1 is 0.929 bits per heavy atom. The molecule has 5 rings (SSSR count). The van der Waals surface area contributed by atoms with Crippen LogP contribution in [0.1, 0.15) is 11.6 Å². The predicted molar refractivity (Wildman–Crippen MR) is 117 cm³/mol. The summed E-state index contributed by atoms with van der Waals surface area (Å²) in [4.78, 5) is 16.5. The number of likely N-dealkylation sites (N-methyl/N-ethyl adjacent to an activating group) is 1. The summed E-state index contributed by atoms with van der Waals surface area (Å²) in [5.74, 6) is 1.05. The lowest BCUT2D eigenvalue weighted by Gasteiger charge is -2.41. The molecule has 0 aliphatic carbocycles. The summed E-state index contributed by atoms with van der Waals surface area (Å²) in [6.07, 6.45) is 1.71. The Kier molecular flexibility index (Phi) is 4.55. The van der Waals surface area contributed by atoms with Crippen molar-refractivity contribution in [2.24, 2.45) is 0 Å². The summed E-state index contributed by atoms with van der Waals surface area (Å²) in [5, 5.41) is 1.15. The van der Waals surface area contributed by atoms with Crippen LogP contribution in [0.3, 0.4) is 0 Å². The number of hydrogen-bond donors (Lipinski definition) is 0. The third-order valence-corrected chi connectivity index (χ3v) is 6.50. The molecule has 4 aromatic rings. The van der Waals surface area contributed by atoms with Crippen LogP contribution in [0.25, 0.3) is 20.7 Å². The first kappa shape index (κ1) is 17.3. The van der Waals surface area contributed by atoms with Crippen LogP contribution in [-0.4, -0.2) is 41.5 Å². The Bertz CT molecular complexity index is 1080. The molecular weight excluding hydrogens is 364 g/mol. The Labute approximate surface area is 169 Å². The van der Waals surface area contributed by atoms with Crippen LogP contribution in [0.4, 0.5) is 5.82 Å². The van der Waals surface area contributed by atoms with Gasteiger partial charge in [-0.3, -0.25) is 0 Å². The molecule has 1 saturated heterocycles. The summed E-state index contributed by atoms with van der Waals surface area (Å²) < 4.78 is 0. The second-order valence-electron chi connectivity index (χ2n) is 7.27. The van der Waals surface area contributed by atoms with E-state index in [1.54, 1.807) is 17.7 Å². The quantitative estimate of drug-likeness (QED) is 0.504. The summed E-state index contributed by atoms with van der Waals surface area (Å²) in [6.45, 7) is 2.98. The first-order chi connectivity index (χ1) is 13.8. The van der Waals surface area contributed by atoms with Crippen LogP contribution in [0.2, 0.25) is 0 Å². The number of rotatable bonds is 3. The molecule has 1 aliphatic rings. The molecule has 1 fully saturated rings. The highest BCUT2D eigenvalue weighted by Gasteiger charge is 2.29. The van der Waals surface area contributed by atoms with Gasteiger partial charge >= 0.3 is 0 Å². The number of benzene rings is 2. The largest absolute Gasteiger partial charge is 0.346 e. The van der Waals surface area contributed by atoms with Crippen LogP contribution in [0.15, 0.2) is 73.1 Å². The van der Waals surface area contributed by atoms with Gasteiger partial charge in [-0.05, 0) is 24.2 Å². The zero-order valence-corrected chi connectivity index (χ0v) is 16.6. The van der Waals surface area contributed by atoms with Gasteiger partial charge < -0.3 is 9.80 Å². The summed E-state index contributed by atoms with van der Waals surface area (Å²) in [5.41, 5.74) is 2.56. The van der Waals surface area contributed by atoms with E-state index in [4.69, 9.17) is 4.98 Å². The van der Waals surface area contributed by atoms with Gasteiger partial charge in [0.15, 0.2) is 0 Å². The van der Waals surface area contributed by atoms with Crippen molar-refractivity contribution in [3.63, 3.8) is 0 Å². The van der Waals surface area contributed by atoms with E-state index in [0.717, 1.165) is 35.7 Å². The number of fused-ring (bicyclic) bond motifs is 1. The van der Waals surface area contributed by atoms with Gasteiger partial charge in [0.25, 0.3) is 0 Å². The highest BCUT2D eigenvalue weighted by molar-refractivity contribution is 7.21. The maximum Gasteiger partial charge on any atom is 0.141 e. The minimum Gasteiger partial charge on any atom is -0.346 e. The third-order valence-electron chi connectivity index (χ3n) is 5.41. The van der Waals surface area contributed by atoms with E-state index >= 15 is 0 Å². The standard InChI is InChI=1S/C23H22N4S/c1-26-12-13-27(20(15-26)17-8-4-2-5-9-17)22-19-14-21(18-10-6-3-7-11-18)28-23(19)25-16-24-22/h2-11,14,16,20H,12-13,15H2,1H3/t20-/m0/s1. The molecular formula is C23H22N4S. The number of thiophene rings is 1. The molecule has 0 amide bonds. The molecule has 5 heteroatoms. The third kappa shape index (κ3) is 3.17. The van der Waals surface area contributed by atoms with Gasteiger partial charge in [0.2, 0.25) is 0 Å². The molecule has 140 valence electrons. The Hall–Kier alpha value is -2.76. The average molecular weight is 387 g/mol. The van der Waals surface area contributed by atoms with E-state index in [2.05, 4.69) is 88.6 Å². The summed E-state index contributed by atoms with van der Waals surface area (Å²) in [7, 11) is 2.20. The molecule has 4 nitrogen and oxygen atoms in total. The minimum atomic E-state index is 0.290. The molecule has 0 unspecified atom stereocenters. The molecule has 0 N–H and O–H groups in total. The van der Waals surface area contributed by atoms with Crippen molar-refractivity contribution < 1.29 is 0 Å². The van der Waals surface area contributed by atoms with E-state index in [1.807, 2.05) is 0 Å². The molecule has 1 aliphatic heterocycles. The van der Waals surface area contributed by atoms with E-state index in [-0.39, 0.29) is 6.04 Å². The molecule has 0 radical (unpaired) electrons. The van der Waals surface area contributed by atoms with Crippen LogP contribution >= 0.6 is 11.3 Å². The van der Waals surface area contributed by atoms with Crippen molar-refractivity contribution in [2.75, 3.05) is 31.6 Å². The lowest BCUT2D eigenvalue weighted by Crippen LogP contribution is -2.47. The zero-order chi connectivity index (χ0) is 18.9. The SMILES string of the molecule is CN1CCN(c2ncnc3sc(-c4ccccc4)cc23)[C@H](c2ccccc2)C1. The maximum atomic E-state index is 4.74. The number of piperazine rings is 1. The van der Waals surface area contributed by atoms with Gasteiger partial charge in [-0.25, -0.2) is 9.97 Å². The molecule has 0 spiro atoms. The van der Waals surface area contributed by atoms with Gasteiger partial charge in [0, 0.05) is 24.5 Å². The fraction of sp³-hybridized carbons (Fsp3) is 0.217. The van der Waals surface area contributed by atoms with Crippen molar-refractivity contribution in [1.29, 1.82) is 0 Å². The van der Waals surface area contributed by atoms with Crippen LogP contribution in [0.5, 0.6) is 0 Å². The van der Waals surface area contributed by atoms with Crippen molar-refractivity contribution >= 4 is 27.4 Å². The van der Waals surface area contributed by atoms with E-state index < -0.39 is 0 Å². The second kappa shape index (κ2) is 7.34. The maximum absolute atomic E-state index is 4.74. The van der Waals surface area contributed by atoms with Crippen molar-refractivity contribution in [3.05, 3.63) is 78.6 Å². The van der Waals surface area contributed by atoms with Gasteiger partial charge in [-0.2, -0.15) is 0 Å². The topological polar surface area (TPSA) is 32.3 Å². The number of nitrogens with zero attached hydrogens (tertiary/aromatic N) is 4.